The zero-order valence-electron chi connectivity index (χ0n) is 10.8. The Morgan fingerprint density at radius 3 is 2.82 bits per heavy atom. The smallest absolute Gasteiger partial charge is 0.220 e. The van der Waals surface area contributed by atoms with E-state index >= 15 is 0 Å². The second kappa shape index (κ2) is 6.17. The summed E-state index contributed by atoms with van der Waals surface area (Å²) in [6.45, 7) is 7.51. The Bertz CT molecular complexity index is 346. The van der Waals surface area contributed by atoms with Crippen molar-refractivity contribution in [2.75, 3.05) is 13.1 Å². The maximum absolute atomic E-state index is 11.7. The van der Waals surface area contributed by atoms with E-state index in [2.05, 4.69) is 30.6 Å². The first kappa shape index (κ1) is 14.2. The quantitative estimate of drug-likeness (QED) is 0.817. The first-order valence-corrected chi connectivity index (χ1v) is 6.84. The van der Waals surface area contributed by atoms with Gasteiger partial charge in [0, 0.05) is 23.3 Å². The largest absolute Gasteiger partial charge is 0.355 e. The molecule has 0 spiro atoms. The lowest BCUT2D eigenvalue weighted by molar-refractivity contribution is -0.122. The van der Waals surface area contributed by atoms with Crippen molar-refractivity contribution >= 4 is 17.2 Å². The van der Waals surface area contributed by atoms with Crippen molar-refractivity contribution in [1.29, 1.82) is 0 Å². The van der Waals surface area contributed by atoms with Gasteiger partial charge in [0.15, 0.2) is 0 Å². The first-order chi connectivity index (χ1) is 7.95. The highest BCUT2D eigenvalue weighted by atomic mass is 32.1. The molecule has 1 aromatic rings. The molecule has 3 nitrogen and oxygen atoms in total. The van der Waals surface area contributed by atoms with Crippen LogP contribution in [0.15, 0.2) is 17.5 Å². The predicted octanol–water partition coefficient (Wildman–Crippen LogP) is 2.13. The molecule has 0 radical (unpaired) electrons. The molecule has 1 rings (SSSR count). The van der Waals surface area contributed by atoms with Gasteiger partial charge in [0.2, 0.25) is 5.91 Å². The number of thiophene rings is 1. The molecule has 96 valence electrons. The van der Waals surface area contributed by atoms with Crippen molar-refractivity contribution in [3.63, 3.8) is 0 Å². The van der Waals surface area contributed by atoms with Gasteiger partial charge in [-0.15, -0.1) is 11.3 Å². The van der Waals surface area contributed by atoms with E-state index in [4.69, 9.17) is 5.73 Å². The van der Waals surface area contributed by atoms with E-state index in [9.17, 15) is 4.79 Å². The molecule has 4 heteroatoms. The van der Waals surface area contributed by atoms with Crippen LogP contribution in [0.25, 0.3) is 0 Å². The summed E-state index contributed by atoms with van der Waals surface area (Å²) in [6.07, 6.45) is 0.511. The van der Waals surface area contributed by atoms with Crippen LogP contribution in [0, 0.1) is 5.92 Å². The third-order valence-electron chi connectivity index (χ3n) is 2.85. The van der Waals surface area contributed by atoms with Crippen LogP contribution in [0.4, 0.5) is 0 Å². The van der Waals surface area contributed by atoms with Crippen molar-refractivity contribution < 1.29 is 4.79 Å². The highest BCUT2D eigenvalue weighted by Crippen LogP contribution is 2.26. The SMILES string of the molecule is CC(CN)CC(=O)NCC(C)(C)c1cccs1. The summed E-state index contributed by atoms with van der Waals surface area (Å²) in [5, 5.41) is 5.05. The van der Waals surface area contributed by atoms with Gasteiger partial charge in [0.05, 0.1) is 0 Å². The number of nitrogens with one attached hydrogen (secondary N) is 1. The van der Waals surface area contributed by atoms with Crippen molar-refractivity contribution in [1.82, 2.24) is 5.32 Å². The van der Waals surface area contributed by atoms with Crippen LogP contribution >= 0.6 is 11.3 Å². The normalized spacial score (nSPS) is 13.4. The van der Waals surface area contributed by atoms with Gasteiger partial charge in [0.25, 0.3) is 0 Å². The van der Waals surface area contributed by atoms with Crippen molar-refractivity contribution in [2.45, 2.75) is 32.6 Å². The molecule has 0 aliphatic heterocycles. The Labute approximate surface area is 107 Å². The van der Waals surface area contributed by atoms with E-state index in [1.54, 1.807) is 11.3 Å². The zero-order valence-corrected chi connectivity index (χ0v) is 11.6. The monoisotopic (exact) mass is 254 g/mol. The van der Waals surface area contributed by atoms with E-state index in [1.165, 1.54) is 4.88 Å². The topological polar surface area (TPSA) is 55.1 Å². The van der Waals surface area contributed by atoms with Gasteiger partial charge in [-0.25, -0.2) is 0 Å². The van der Waals surface area contributed by atoms with Crippen LogP contribution < -0.4 is 11.1 Å². The minimum absolute atomic E-state index is 0.00419. The van der Waals surface area contributed by atoms with Crippen LogP contribution in [0.3, 0.4) is 0 Å². The minimum Gasteiger partial charge on any atom is -0.355 e. The number of hydrogen-bond donors (Lipinski definition) is 2. The molecule has 0 saturated heterocycles. The fourth-order valence-corrected chi connectivity index (χ4v) is 2.39. The van der Waals surface area contributed by atoms with Crippen molar-refractivity contribution in [3.05, 3.63) is 22.4 Å². The summed E-state index contributed by atoms with van der Waals surface area (Å²) in [4.78, 5) is 13.0. The van der Waals surface area contributed by atoms with Crippen LogP contribution in [0.5, 0.6) is 0 Å². The highest BCUT2D eigenvalue weighted by Gasteiger charge is 2.22. The predicted molar refractivity (Wildman–Crippen MR) is 73.2 cm³/mol. The summed E-state index contributed by atoms with van der Waals surface area (Å²) in [5.41, 5.74) is 5.50. The average molecular weight is 254 g/mol. The molecule has 0 aromatic carbocycles. The molecule has 1 amide bonds. The van der Waals surface area contributed by atoms with Gasteiger partial charge < -0.3 is 11.1 Å². The molecule has 0 aliphatic rings. The van der Waals surface area contributed by atoms with Gasteiger partial charge in [-0.05, 0) is 23.9 Å². The number of carbonyl (C=O) groups excluding carboxylic acids is 1. The van der Waals surface area contributed by atoms with E-state index in [0.29, 0.717) is 19.5 Å². The van der Waals surface area contributed by atoms with Gasteiger partial charge in [-0.3, -0.25) is 4.79 Å². The summed E-state index contributed by atoms with van der Waals surface area (Å²) < 4.78 is 0. The molecule has 17 heavy (non-hydrogen) atoms. The van der Waals surface area contributed by atoms with E-state index < -0.39 is 0 Å². The lowest BCUT2D eigenvalue weighted by Gasteiger charge is -2.24. The molecule has 0 fully saturated rings. The molecule has 3 N–H and O–H groups in total. The average Bonchev–Trinajstić information content (AvgIpc) is 2.80. The van der Waals surface area contributed by atoms with E-state index in [1.807, 2.05) is 13.0 Å². The highest BCUT2D eigenvalue weighted by molar-refractivity contribution is 7.10. The van der Waals surface area contributed by atoms with Crippen LogP contribution in [-0.4, -0.2) is 19.0 Å². The molecule has 1 aromatic heterocycles. The maximum Gasteiger partial charge on any atom is 0.220 e. The Morgan fingerprint density at radius 1 is 1.59 bits per heavy atom. The fraction of sp³-hybridized carbons (Fsp3) is 0.615. The maximum atomic E-state index is 11.7. The van der Waals surface area contributed by atoms with E-state index in [-0.39, 0.29) is 17.2 Å². The van der Waals surface area contributed by atoms with Gasteiger partial charge in [-0.1, -0.05) is 26.8 Å². The second-order valence-corrected chi connectivity index (χ2v) is 6.13. The molecular formula is C13H22N2OS. The van der Waals surface area contributed by atoms with Gasteiger partial charge in [0.1, 0.15) is 0 Å². The molecule has 0 saturated carbocycles. The van der Waals surface area contributed by atoms with Gasteiger partial charge in [-0.2, -0.15) is 0 Å². The van der Waals surface area contributed by atoms with Crippen LogP contribution in [0.1, 0.15) is 32.1 Å². The number of hydrogen-bond acceptors (Lipinski definition) is 3. The summed E-state index contributed by atoms with van der Waals surface area (Å²) in [7, 11) is 0. The third-order valence-corrected chi connectivity index (χ3v) is 4.09. The third kappa shape index (κ3) is 4.48. The van der Waals surface area contributed by atoms with Crippen molar-refractivity contribution in [3.8, 4) is 0 Å². The first-order valence-electron chi connectivity index (χ1n) is 5.96. The standard InChI is InChI=1S/C13H22N2OS/c1-10(8-14)7-12(16)15-9-13(2,3)11-5-4-6-17-11/h4-6,10H,7-9,14H2,1-3H3,(H,15,16). The van der Waals surface area contributed by atoms with E-state index in [0.717, 1.165) is 0 Å². The lowest BCUT2D eigenvalue weighted by Crippen LogP contribution is -2.37. The van der Waals surface area contributed by atoms with Crippen LogP contribution in [0.2, 0.25) is 0 Å². The molecule has 0 bridgehead atoms. The van der Waals surface area contributed by atoms with Crippen LogP contribution in [-0.2, 0) is 10.2 Å². The number of rotatable bonds is 6. The Balaban J connectivity index is 2.42. The Morgan fingerprint density at radius 2 is 2.29 bits per heavy atom. The fourth-order valence-electron chi connectivity index (χ4n) is 1.54. The number of amides is 1. The molecule has 0 aliphatic carbocycles. The zero-order chi connectivity index (χ0) is 12.9. The Kier molecular flexibility index (Phi) is 5.15. The molecular weight excluding hydrogens is 232 g/mol. The summed E-state index contributed by atoms with van der Waals surface area (Å²) in [5.74, 6) is 0.340. The Hall–Kier alpha value is -0.870. The summed E-state index contributed by atoms with van der Waals surface area (Å²) >= 11 is 1.73. The molecule has 1 unspecified atom stereocenters. The van der Waals surface area contributed by atoms with Gasteiger partial charge >= 0.3 is 0 Å². The van der Waals surface area contributed by atoms with Crippen molar-refractivity contribution in [2.24, 2.45) is 11.7 Å². The lowest BCUT2D eigenvalue weighted by atomic mass is 9.91. The second-order valence-electron chi connectivity index (χ2n) is 5.18. The summed E-state index contributed by atoms with van der Waals surface area (Å²) in [6, 6.07) is 4.15. The minimum atomic E-state index is -0.00419. The molecule has 1 heterocycles. The number of carbonyl (C=O) groups is 1. The molecule has 1 atom stereocenters. The number of nitrogens with two attached hydrogens (primary N) is 1.